The van der Waals surface area contributed by atoms with E-state index in [-0.39, 0.29) is 33.3 Å². The minimum absolute atomic E-state index is 0.000662. The molecule has 29 nitrogen and oxygen atoms in total. The molecule has 0 aliphatic carbocycles. The molecule has 0 radical (unpaired) electrons. The summed E-state index contributed by atoms with van der Waals surface area (Å²) in [5, 5.41) is 45.8. The lowest BCUT2D eigenvalue weighted by molar-refractivity contribution is -0.0505. The van der Waals surface area contributed by atoms with Crippen molar-refractivity contribution >= 4 is 88.8 Å². The molecule has 11 N–H and O–H groups in total. The summed E-state index contributed by atoms with van der Waals surface area (Å²) in [7, 11) is -22.4. The van der Waals surface area contributed by atoms with Crippen LogP contribution in [0.25, 0.3) is 22.3 Å². The third kappa shape index (κ3) is 9.75. The highest BCUT2D eigenvalue weighted by Crippen LogP contribution is 2.71. The van der Waals surface area contributed by atoms with Crippen LogP contribution in [0.5, 0.6) is 0 Å². The number of fused-ring (bicyclic) bond motifs is 2. The second kappa shape index (κ2) is 17.2. The third-order valence-electron chi connectivity index (χ3n) is 8.08. The Bertz CT molecular complexity index is 2360. The van der Waals surface area contributed by atoms with Gasteiger partial charge in [0, 0.05) is 7.05 Å². The summed E-state index contributed by atoms with van der Waals surface area (Å²) in [4.78, 5) is 65.2. The molecule has 0 amide bonds. The highest BCUT2D eigenvalue weighted by Gasteiger charge is 2.50. The average molecular weight is 943 g/mol. The van der Waals surface area contributed by atoms with Crippen LogP contribution in [0.3, 0.4) is 0 Å². The number of rotatable bonds is 17. The quantitative estimate of drug-likeness (QED) is 0.0361. The number of anilines is 2. The zero-order valence-electron chi connectivity index (χ0n) is 29.5. The van der Waals surface area contributed by atoms with Crippen molar-refractivity contribution in [3.05, 3.63) is 12.7 Å². The zero-order valence-corrected chi connectivity index (χ0v) is 34.7. The van der Waals surface area contributed by atoms with Gasteiger partial charge in [-0.25, -0.2) is 48.2 Å². The fourth-order valence-corrected chi connectivity index (χ4v) is 11.2. The van der Waals surface area contributed by atoms with Crippen molar-refractivity contribution in [1.29, 1.82) is 0 Å². The summed E-state index contributed by atoms with van der Waals surface area (Å²) >= 11 is 2.33. The van der Waals surface area contributed by atoms with Gasteiger partial charge < -0.3 is 60.5 Å². The molecule has 0 bridgehead atoms. The largest absolute Gasteiger partial charge is 0.490 e. The number of hydrogen-bond acceptors (Lipinski definition) is 25. The fraction of sp³-hybridized carbons (Fsp3) is 0.565. The van der Waals surface area contributed by atoms with Crippen LogP contribution in [0.1, 0.15) is 12.5 Å². The lowest BCUT2D eigenvalue weighted by atomic mass is 10.1. The molecule has 322 valence electrons. The van der Waals surface area contributed by atoms with E-state index in [1.54, 1.807) is 19.6 Å². The first-order valence-electron chi connectivity index (χ1n) is 15.9. The fourth-order valence-electron chi connectivity index (χ4n) is 5.54. The number of ether oxygens (including phenoxy) is 2. The summed E-state index contributed by atoms with van der Waals surface area (Å²) < 4.78 is 84.5. The number of nitrogen functional groups attached to an aromatic ring is 1. The second-order valence-corrected chi connectivity index (χ2v) is 19.6. The molecule has 0 spiro atoms. The van der Waals surface area contributed by atoms with Gasteiger partial charge in [-0.05, 0) is 12.5 Å². The van der Waals surface area contributed by atoms with Crippen molar-refractivity contribution in [2.75, 3.05) is 43.8 Å². The Kier molecular flexibility index (Phi) is 13.4. The van der Waals surface area contributed by atoms with Gasteiger partial charge in [0.2, 0.25) is 0 Å². The van der Waals surface area contributed by atoms with Crippen molar-refractivity contribution in [3.63, 3.8) is 0 Å². The summed E-state index contributed by atoms with van der Waals surface area (Å²) in [5.41, 5.74) is 6.57. The minimum atomic E-state index is -6.21. The number of aliphatic hydroxyl groups is 4. The van der Waals surface area contributed by atoms with Crippen molar-refractivity contribution < 1.29 is 89.7 Å². The van der Waals surface area contributed by atoms with E-state index in [0.717, 1.165) is 11.8 Å². The normalized spacial score (nSPS) is 29.3. The number of nitrogens with one attached hydrogen (secondary N) is 1. The maximum Gasteiger partial charge on any atom is 0.490 e. The van der Waals surface area contributed by atoms with Crippen molar-refractivity contribution in [2.24, 2.45) is 0 Å². The molecule has 2 saturated heterocycles. The molecule has 2 fully saturated rings. The number of phosphoric ester groups is 2. The van der Waals surface area contributed by atoms with Gasteiger partial charge in [0.1, 0.15) is 42.1 Å². The Labute approximate surface area is 332 Å². The lowest BCUT2D eigenvalue weighted by Gasteiger charge is -2.21. The lowest BCUT2D eigenvalue weighted by Crippen LogP contribution is -2.33. The van der Waals surface area contributed by atoms with Gasteiger partial charge in [0.25, 0.3) is 0 Å². The first-order chi connectivity index (χ1) is 27.1. The van der Waals surface area contributed by atoms with E-state index < -0.39 is 93.6 Å². The number of imidazole rings is 2. The van der Waals surface area contributed by atoms with Gasteiger partial charge in [0.15, 0.2) is 51.2 Å². The van der Waals surface area contributed by atoms with Gasteiger partial charge in [-0.2, -0.15) is 12.9 Å². The van der Waals surface area contributed by atoms with E-state index >= 15 is 0 Å². The van der Waals surface area contributed by atoms with Crippen molar-refractivity contribution in [2.45, 2.75) is 59.4 Å². The number of thioether (sulfide) groups is 2. The standard InChI is InChI=1S/C23H34N10O19P4S2/c1-25-17-11-19(31-23(29-17)58-3)33(7-27-11)21-15(37)13(35)9(49-21)5-47-54(40,41)51-56(44,45)52-55(42,43)50-53(38,39)46-4-8-12(34)14(36)20(48-8)32-6-26-10-16(24)28-22(57-2)30-18(10)32/h6-9,12-15,20-21,34-37H,4-5H2,1-3H3,(H,38,39)(H,40,41)(H,42,43)(H,44,45)(H2,24,28,30)(H,25,29,31)/t8-,9-,12-,13-,14-,15-,20-,21-/m1/s1. The number of aliphatic hydroxyl groups excluding tert-OH is 4. The van der Waals surface area contributed by atoms with Crippen LogP contribution in [0, 0.1) is 0 Å². The first-order valence-corrected chi connectivity index (χ1v) is 24.3. The molecule has 2 aliphatic rings. The molecule has 0 saturated carbocycles. The predicted octanol–water partition coefficient (Wildman–Crippen LogP) is -0.543. The van der Waals surface area contributed by atoms with E-state index in [2.05, 4.69) is 57.2 Å². The molecule has 35 heteroatoms. The Hall–Kier alpha value is -2.28. The van der Waals surface area contributed by atoms with E-state index in [9.17, 15) is 58.3 Å². The Morgan fingerprint density at radius 2 is 1.10 bits per heavy atom. The monoisotopic (exact) mass is 942 g/mol. The maximum absolute atomic E-state index is 12.5. The van der Waals surface area contributed by atoms with Crippen LogP contribution in [0.4, 0.5) is 11.6 Å². The molecule has 12 atom stereocenters. The van der Waals surface area contributed by atoms with E-state index in [4.69, 9.17) is 15.2 Å². The van der Waals surface area contributed by atoms with Crippen LogP contribution in [-0.2, 0) is 49.7 Å². The van der Waals surface area contributed by atoms with E-state index in [1.807, 2.05) is 0 Å². The zero-order chi connectivity index (χ0) is 42.5. The highest BCUT2D eigenvalue weighted by molar-refractivity contribution is 7.98. The molecular weight excluding hydrogens is 908 g/mol. The molecule has 6 rings (SSSR count). The number of nitrogens with two attached hydrogens (primary N) is 1. The number of nitrogens with zero attached hydrogens (tertiary/aromatic N) is 8. The molecule has 4 unspecified atom stereocenters. The summed E-state index contributed by atoms with van der Waals surface area (Å²) in [5.74, 6) is 0.338. The van der Waals surface area contributed by atoms with Crippen molar-refractivity contribution in [3.8, 4) is 0 Å². The van der Waals surface area contributed by atoms with Gasteiger partial charge in [0.05, 0.1) is 25.9 Å². The SMILES string of the molecule is CNc1nc(SC)nc2c1ncn2[C@@H]1O[C@H](COP(=O)(O)OP(=O)(O)OP(=O)(O)OP(=O)(O)OC[C@H]2O[C@@H](n3cnc4c(N)nc(SC)nc43)[C@H](O)[C@@H]2O)[C@@H](O)[C@H]1O. The Balaban J connectivity index is 1.03. The molecular formula is C23H34N10O19P4S2. The maximum atomic E-state index is 12.5. The molecule has 4 aromatic rings. The number of aromatic nitrogens is 8. The van der Waals surface area contributed by atoms with Crippen LogP contribution >= 0.6 is 54.8 Å². The predicted molar refractivity (Wildman–Crippen MR) is 194 cm³/mol. The number of phosphoric acid groups is 4. The van der Waals surface area contributed by atoms with Gasteiger partial charge in [-0.1, -0.05) is 23.5 Å². The summed E-state index contributed by atoms with van der Waals surface area (Å²) in [6.07, 6.45) is -7.28. The number of hydrogen-bond donors (Lipinski definition) is 10. The minimum Gasteiger partial charge on any atom is -0.387 e. The van der Waals surface area contributed by atoms with Gasteiger partial charge in [-0.15, -0.1) is 0 Å². The van der Waals surface area contributed by atoms with Gasteiger partial charge in [-0.3, -0.25) is 18.2 Å². The highest BCUT2D eigenvalue weighted by atomic mass is 32.2. The summed E-state index contributed by atoms with van der Waals surface area (Å²) in [6, 6.07) is 0. The van der Waals surface area contributed by atoms with Crippen molar-refractivity contribution in [1.82, 2.24) is 39.0 Å². The van der Waals surface area contributed by atoms with Crippen LogP contribution < -0.4 is 11.1 Å². The Morgan fingerprint density at radius 3 is 1.55 bits per heavy atom. The van der Waals surface area contributed by atoms with E-state index in [1.165, 1.54) is 33.6 Å². The van der Waals surface area contributed by atoms with Crippen LogP contribution in [0.15, 0.2) is 23.0 Å². The topological polar surface area (TPSA) is 420 Å². The first kappa shape index (κ1) is 45.3. The molecule has 0 aromatic carbocycles. The Morgan fingerprint density at radius 1 is 0.690 bits per heavy atom. The smallest absolute Gasteiger partial charge is 0.387 e. The molecule has 6 heterocycles. The molecule has 58 heavy (non-hydrogen) atoms. The molecule has 2 aliphatic heterocycles. The van der Waals surface area contributed by atoms with Gasteiger partial charge >= 0.3 is 31.3 Å². The van der Waals surface area contributed by atoms with Crippen LogP contribution in [-0.4, -0.2) is 148 Å². The third-order valence-corrected chi connectivity index (χ3v) is 15.1. The average Bonchev–Trinajstić information content (AvgIpc) is 3.89. The van der Waals surface area contributed by atoms with Crippen LogP contribution in [0.2, 0.25) is 0 Å². The van der Waals surface area contributed by atoms with E-state index in [0.29, 0.717) is 11.0 Å². The molecule has 4 aromatic heterocycles. The summed E-state index contributed by atoms with van der Waals surface area (Å²) in [6.45, 7) is -2.21. The second-order valence-electron chi connectivity index (χ2n) is 11.9.